The Labute approximate surface area is 191 Å². The van der Waals surface area contributed by atoms with Crippen LogP contribution < -0.4 is 9.64 Å². The topological polar surface area (TPSA) is 67.8 Å². The van der Waals surface area contributed by atoms with Crippen LogP contribution in [0, 0.1) is 5.82 Å². The number of anilines is 1. The summed E-state index contributed by atoms with van der Waals surface area (Å²) < 4.78 is 26.9. The third-order valence-corrected chi connectivity index (χ3v) is 6.94. The summed E-state index contributed by atoms with van der Waals surface area (Å²) in [5.41, 5.74) is -0.453. The highest BCUT2D eigenvalue weighted by Crippen LogP contribution is 2.47. The summed E-state index contributed by atoms with van der Waals surface area (Å²) in [6, 6.07) is -0.212. The van der Waals surface area contributed by atoms with E-state index in [1.807, 2.05) is 39.0 Å². The summed E-state index contributed by atoms with van der Waals surface area (Å²) in [4.78, 5) is 25.1. The summed E-state index contributed by atoms with van der Waals surface area (Å²) in [5.74, 6) is 0.274. The maximum absolute atomic E-state index is 15.0. The molecule has 0 aliphatic carbocycles. The summed E-state index contributed by atoms with van der Waals surface area (Å²) in [6.07, 6.45) is 1.03. The third kappa shape index (κ3) is 3.56. The van der Waals surface area contributed by atoms with Crippen molar-refractivity contribution in [3.05, 3.63) is 15.3 Å². The number of carbonyl (C=O) groups excluding carboxylic acids is 1. The second-order valence-corrected chi connectivity index (χ2v) is 10.2. The molecule has 2 aliphatic rings. The van der Waals surface area contributed by atoms with Gasteiger partial charge in [-0.2, -0.15) is 0 Å². The van der Waals surface area contributed by atoms with E-state index in [0.717, 1.165) is 0 Å². The summed E-state index contributed by atoms with van der Waals surface area (Å²) in [6.45, 7) is 6.17. The second-order valence-electron chi connectivity index (χ2n) is 8.25. The smallest absolute Gasteiger partial charge is 0.410 e. The molecule has 1 aromatic heterocycles. The van der Waals surface area contributed by atoms with Gasteiger partial charge in [0.25, 0.3) is 0 Å². The van der Waals surface area contributed by atoms with Crippen LogP contribution in [0.5, 0.6) is 5.75 Å². The Morgan fingerprint density at radius 2 is 2.07 bits per heavy atom. The Bertz CT molecular complexity index is 1050. The van der Waals surface area contributed by atoms with E-state index < -0.39 is 23.6 Å². The molecule has 1 saturated heterocycles. The van der Waals surface area contributed by atoms with Crippen molar-refractivity contribution in [2.75, 3.05) is 31.3 Å². The van der Waals surface area contributed by atoms with Crippen molar-refractivity contribution < 1.29 is 18.7 Å². The minimum absolute atomic E-state index is 0.0893. The number of benzene rings is 1. The number of likely N-dealkylation sites (N-methyl/N-ethyl adjacent to an activating group) is 1. The van der Waals surface area contributed by atoms with E-state index in [9.17, 15) is 9.18 Å². The van der Waals surface area contributed by atoms with Crippen molar-refractivity contribution in [2.24, 2.45) is 0 Å². The molecule has 0 spiro atoms. The van der Waals surface area contributed by atoms with E-state index in [1.54, 1.807) is 4.90 Å². The lowest BCUT2D eigenvalue weighted by atomic mass is 10.2. The number of carbonyl (C=O) groups is 1. The highest BCUT2D eigenvalue weighted by atomic mass is 79.9. The van der Waals surface area contributed by atoms with Gasteiger partial charge in [-0.15, -0.1) is 0 Å². The molecule has 162 valence electrons. The first-order chi connectivity index (χ1) is 14.0. The SMILES string of the molecule is CSc1nc2c3c(c(Cl)c(Br)c(F)c3n1)OC1CN(C(=O)OC(C)(C)C)CC1N2C. The number of ether oxygens (including phenoxy) is 2. The predicted molar refractivity (Wildman–Crippen MR) is 118 cm³/mol. The number of aromatic nitrogens is 2. The van der Waals surface area contributed by atoms with Crippen LogP contribution in [0.1, 0.15) is 20.8 Å². The summed E-state index contributed by atoms with van der Waals surface area (Å²) in [5, 5.41) is 0.981. The zero-order chi connectivity index (χ0) is 22.0. The van der Waals surface area contributed by atoms with Crippen molar-refractivity contribution in [3.63, 3.8) is 0 Å². The fourth-order valence-electron chi connectivity index (χ4n) is 3.69. The molecule has 7 nitrogen and oxygen atoms in total. The van der Waals surface area contributed by atoms with Gasteiger partial charge in [0.05, 0.1) is 22.4 Å². The van der Waals surface area contributed by atoms with Gasteiger partial charge in [0.2, 0.25) is 0 Å². The Morgan fingerprint density at radius 1 is 1.37 bits per heavy atom. The summed E-state index contributed by atoms with van der Waals surface area (Å²) >= 11 is 11.0. The van der Waals surface area contributed by atoms with Gasteiger partial charge >= 0.3 is 6.09 Å². The molecule has 0 bridgehead atoms. The van der Waals surface area contributed by atoms with Gasteiger partial charge in [0.1, 0.15) is 28.1 Å². The number of likely N-dealkylation sites (tertiary alicyclic amines) is 1. The van der Waals surface area contributed by atoms with Gasteiger partial charge in [-0.3, -0.25) is 0 Å². The number of hydrogen-bond donors (Lipinski definition) is 0. The van der Waals surface area contributed by atoms with E-state index in [2.05, 4.69) is 25.9 Å². The van der Waals surface area contributed by atoms with Crippen LogP contribution in [0.4, 0.5) is 15.0 Å². The van der Waals surface area contributed by atoms with Gasteiger partial charge in [-0.1, -0.05) is 23.4 Å². The maximum atomic E-state index is 15.0. The van der Waals surface area contributed by atoms with Crippen LogP contribution in [0.2, 0.25) is 5.02 Å². The normalized spacial score (nSPS) is 20.8. The van der Waals surface area contributed by atoms with Crippen LogP contribution in [0.15, 0.2) is 9.63 Å². The van der Waals surface area contributed by atoms with Gasteiger partial charge in [-0.05, 0) is 43.0 Å². The van der Waals surface area contributed by atoms with E-state index in [-0.39, 0.29) is 21.1 Å². The molecule has 1 amide bonds. The number of rotatable bonds is 1. The van der Waals surface area contributed by atoms with Gasteiger partial charge in [-0.25, -0.2) is 19.2 Å². The molecule has 0 saturated carbocycles. The highest BCUT2D eigenvalue weighted by Gasteiger charge is 2.44. The second kappa shape index (κ2) is 7.56. The first-order valence-corrected chi connectivity index (χ1v) is 11.7. The first kappa shape index (κ1) is 21.7. The lowest BCUT2D eigenvalue weighted by Crippen LogP contribution is -2.43. The molecule has 11 heteroatoms. The number of hydrogen-bond acceptors (Lipinski definition) is 7. The zero-order valence-corrected chi connectivity index (χ0v) is 20.3. The molecule has 2 aliphatic heterocycles. The Kier molecular flexibility index (Phi) is 5.47. The number of amides is 1. The van der Waals surface area contributed by atoms with Crippen LogP contribution >= 0.6 is 39.3 Å². The van der Waals surface area contributed by atoms with Crippen molar-refractivity contribution in [3.8, 4) is 5.75 Å². The Morgan fingerprint density at radius 3 is 2.70 bits per heavy atom. The van der Waals surface area contributed by atoms with Crippen molar-refractivity contribution >= 4 is 62.1 Å². The number of thioether (sulfide) groups is 1. The highest BCUT2D eigenvalue weighted by molar-refractivity contribution is 9.10. The average molecular weight is 520 g/mol. The Hall–Kier alpha value is -1.52. The monoisotopic (exact) mass is 518 g/mol. The Balaban J connectivity index is 1.81. The molecule has 0 radical (unpaired) electrons. The lowest BCUT2D eigenvalue weighted by Gasteiger charge is -2.27. The minimum atomic E-state index is -0.598. The first-order valence-electron chi connectivity index (χ1n) is 9.31. The van der Waals surface area contributed by atoms with Crippen LogP contribution in [-0.4, -0.2) is 65.1 Å². The zero-order valence-electron chi connectivity index (χ0n) is 17.1. The molecule has 3 heterocycles. The van der Waals surface area contributed by atoms with E-state index >= 15 is 0 Å². The molecular formula is C19H21BrClFN4O3S. The largest absolute Gasteiger partial charge is 0.484 e. The molecule has 1 aromatic carbocycles. The van der Waals surface area contributed by atoms with Crippen molar-refractivity contribution in [2.45, 2.75) is 43.7 Å². The average Bonchev–Trinajstić information content (AvgIpc) is 3.06. The lowest BCUT2D eigenvalue weighted by molar-refractivity contribution is 0.0275. The molecule has 1 fully saturated rings. The van der Waals surface area contributed by atoms with Gasteiger partial charge in [0, 0.05) is 13.6 Å². The number of nitrogens with zero attached hydrogens (tertiary/aromatic N) is 4. The quantitative estimate of drug-likeness (QED) is 0.307. The van der Waals surface area contributed by atoms with Gasteiger partial charge in [0.15, 0.2) is 16.7 Å². The fourth-order valence-corrected chi connectivity index (χ4v) is 4.64. The molecular weight excluding hydrogens is 499 g/mol. The minimum Gasteiger partial charge on any atom is -0.484 e. The van der Waals surface area contributed by atoms with E-state index in [4.69, 9.17) is 21.1 Å². The van der Waals surface area contributed by atoms with Crippen molar-refractivity contribution in [1.82, 2.24) is 14.9 Å². The fraction of sp³-hybridized carbons (Fsp3) is 0.526. The van der Waals surface area contributed by atoms with E-state index in [0.29, 0.717) is 35.2 Å². The molecule has 4 rings (SSSR count). The maximum Gasteiger partial charge on any atom is 0.410 e. The summed E-state index contributed by atoms with van der Waals surface area (Å²) in [7, 11) is 1.86. The molecule has 0 N–H and O–H groups in total. The predicted octanol–water partition coefficient (Wildman–Crippen LogP) is 4.72. The van der Waals surface area contributed by atoms with Crippen molar-refractivity contribution in [1.29, 1.82) is 0 Å². The molecule has 2 atom stereocenters. The molecule has 2 unspecified atom stereocenters. The molecule has 2 aromatic rings. The standard InChI is InChI=1S/C19H21BrClFN4O3S/c1-19(2,3)29-18(27)26-6-8-9(7-26)28-15-10-14(13(22)11(20)12(15)21)23-17(30-5)24-16(10)25(8)4/h8-9H,6-7H2,1-5H3. The van der Waals surface area contributed by atoms with Crippen LogP contribution in [0.3, 0.4) is 0 Å². The molecule has 30 heavy (non-hydrogen) atoms. The number of halogens is 3. The van der Waals surface area contributed by atoms with E-state index in [1.165, 1.54) is 11.8 Å². The van der Waals surface area contributed by atoms with Gasteiger partial charge < -0.3 is 19.3 Å². The number of fused-ring (bicyclic) bond motifs is 1. The van der Waals surface area contributed by atoms with Crippen LogP contribution in [-0.2, 0) is 4.74 Å². The van der Waals surface area contributed by atoms with Crippen LogP contribution in [0.25, 0.3) is 10.9 Å². The third-order valence-electron chi connectivity index (χ3n) is 5.06.